The molecule has 1 aliphatic heterocycles. The van der Waals surface area contributed by atoms with E-state index in [9.17, 15) is 9.90 Å². The Kier molecular flexibility index (Phi) is 4.15. The van der Waals surface area contributed by atoms with Gasteiger partial charge < -0.3 is 19.3 Å². The summed E-state index contributed by atoms with van der Waals surface area (Å²) in [6, 6.07) is 10.7. The molecule has 1 aliphatic rings. The lowest BCUT2D eigenvalue weighted by molar-refractivity contribution is -0.139. The molecule has 1 aromatic heterocycles. The summed E-state index contributed by atoms with van der Waals surface area (Å²) in [4.78, 5) is 14.6. The van der Waals surface area contributed by atoms with Gasteiger partial charge in [-0.2, -0.15) is 0 Å². The number of hydrogen-bond acceptors (Lipinski definition) is 3. The molecule has 5 nitrogen and oxygen atoms in total. The Labute approximate surface area is 129 Å². The minimum absolute atomic E-state index is 0.0432. The normalized spacial score (nSPS) is 18.4. The molecule has 1 aromatic carbocycles. The molecule has 1 fully saturated rings. The largest absolute Gasteiger partial charge is 0.508 e. The van der Waals surface area contributed by atoms with Crippen molar-refractivity contribution >= 4 is 5.91 Å². The number of phenolic OH excluding ortho intramolecular Hbond substituents is 1. The Morgan fingerprint density at radius 2 is 2.09 bits per heavy atom. The molecule has 0 aliphatic carbocycles. The van der Waals surface area contributed by atoms with Crippen LogP contribution in [0, 0.1) is 0 Å². The number of rotatable bonds is 3. The fourth-order valence-electron chi connectivity index (χ4n) is 2.86. The number of aromatic nitrogens is 1. The molecule has 116 valence electrons. The van der Waals surface area contributed by atoms with Crippen molar-refractivity contribution in [3.05, 3.63) is 53.9 Å². The average molecular weight is 300 g/mol. The Hall–Kier alpha value is -2.27. The summed E-state index contributed by atoms with van der Waals surface area (Å²) in [5.41, 5.74) is 1.98. The molecule has 0 saturated carbocycles. The second kappa shape index (κ2) is 6.23. The lowest BCUT2D eigenvalue weighted by Crippen LogP contribution is -2.44. The molecule has 3 rings (SSSR count). The maximum Gasteiger partial charge on any atom is 0.227 e. The van der Waals surface area contributed by atoms with Crippen molar-refractivity contribution in [2.45, 2.75) is 12.5 Å². The molecule has 1 saturated heterocycles. The van der Waals surface area contributed by atoms with Crippen LogP contribution in [-0.2, 0) is 23.0 Å². The van der Waals surface area contributed by atoms with Gasteiger partial charge in [-0.3, -0.25) is 4.79 Å². The third-order valence-electron chi connectivity index (χ3n) is 4.07. The molecular formula is C17H20N2O3. The van der Waals surface area contributed by atoms with Crippen molar-refractivity contribution < 1.29 is 14.6 Å². The zero-order valence-electron chi connectivity index (χ0n) is 12.6. The van der Waals surface area contributed by atoms with E-state index in [1.165, 1.54) is 0 Å². The fourth-order valence-corrected chi connectivity index (χ4v) is 2.86. The molecule has 0 unspecified atom stereocenters. The SMILES string of the molecule is Cn1cccc1[C@H]1COCCN1C(=O)Cc1ccc(O)cc1. The summed E-state index contributed by atoms with van der Waals surface area (Å²) in [6.45, 7) is 1.70. The van der Waals surface area contributed by atoms with Gasteiger partial charge in [0.15, 0.2) is 0 Å². The molecule has 2 heterocycles. The summed E-state index contributed by atoms with van der Waals surface area (Å²) >= 11 is 0. The lowest BCUT2D eigenvalue weighted by atomic mass is 10.1. The van der Waals surface area contributed by atoms with Crippen molar-refractivity contribution in [3.63, 3.8) is 0 Å². The molecule has 1 atom stereocenters. The Morgan fingerprint density at radius 3 is 2.77 bits per heavy atom. The van der Waals surface area contributed by atoms with Crippen LogP contribution in [-0.4, -0.2) is 40.2 Å². The minimum atomic E-state index is -0.0432. The molecule has 0 bridgehead atoms. The molecule has 1 amide bonds. The van der Waals surface area contributed by atoms with E-state index in [4.69, 9.17) is 4.74 Å². The van der Waals surface area contributed by atoms with Gasteiger partial charge in [0, 0.05) is 25.5 Å². The van der Waals surface area contributed by atoms with E-state index in [1.54, 1.807) is 24.3 Å². The van der Waals surface area contributed by atoms with Crippen molar-refractivity contribution in [3.8, 4) is 5.75 Å². The summed E-state index contributed by atoms with van der Waals surface area (Å²) in [5, 5.41) is 9.32. The number of carbonyl (C=O) groups excluding carboxylic acids is 1. The molecule has 0 radical (unpaired) electrons. The van der Waals surface area contributed by atoms with E-state index in [2.05, 4.69) is 0 Å². The highest BCUT2D eigenvalue weighted by molar-refractivity contribution is 5.79. The zero-order chi connectivity index (χ0) is 15.5. The average Bonchev–Trinajstić information content (AvgIpc) is 2.95. The molecule has 1 N–H and O–H groups in total. The molecule has 2 aromatic rings. The van der Waals surface area contributed by atoms with Gasteiger partial charge in [0.2, 0.25) is 5.91 Å². The predicted octanol–water partition coefficient (Wildman–Crippen LogP) is 1.87. The first-order valence-corrected chi connectivity index (χ1v) is 7.41. The van der Waals surface area contributed by atoms with Crippen LogP contribution in [0.1, 0.15) is 17.3 Å². The Morgan fingerprint density at radius 1 is 1.32 bits per heavy atom. The predicted molar refractivity (Wildman–Crippen MR) is 82.5 cm³/mol. The van der Waals surface area contributed by atoms with Crippen molar-refractivity contribution in [1.29, 1.82) is 0 Å². The van der Waals surface area contributed by atoms with Crippen molar-refractivity contribution in [2.24, 2.45) is 7.05 Å². The summed E-state index contributed by atoms with van der Waals surface area (Å²) in [7, 11) is 1.98. The topological polar surface area (TPSA) is 54.7 Å². The van der Waals surface area contributed by atoms with Gasteiger partial charge in [-0.1, -0.05) is 12.1 Å². The molecule has 5 heteroatoms. The molecular weight excluding hydrogens is 280 g/mol. The van der Waals surface area contributed by atoms with Gasteiger partial charge >= 0.3 is 0 Å². The quantitative estimate of drug-likeness (QED) is 0.941. The fraction of sp³-hybridized carbons (Fsp3) is 0.353. The number of hydrogen-bond donors (Lipinski definition) is 1. The minimum Gasteiger partial charge on any atom is -0.508 e. The van der Waals surface area contributed by atoms with Crippen LogP contribution in [0.3, 0.4) is 0 Å². The third kappa shape index (κ3) is 2.99. The van der Waals surface area contributed by atoms with Gasteiger partial charge in [-0.15, -0.1) is 0 Å². The number of morpholine rings is 1. The van der Waals surface area contributed by atoms with E-state index < -0.39 is 0 Å². The maximum absolute atomic E-state index is 12.7. The highest BCUT2D eigenvalue weighted by atomic mass is 16.5. The first kappa shape index (κ1) is 14.7. The second-order valence-electron chi connectivity index (χ2n) is 5.57. The highest BCUT2D eigenvalue weighted by Gasteiger charge is 2.29. The second-order valence-corrected chi connectivity index (χ2v) is 5.57. The van der Waals surface area contributed by atoms with Gasteiger partial charge in [0.25, 0.3) is 0 Å². The van der Waals surface area contributed by atoms with Gasteiger partial charge in [-0.25, -0.2) is 0 Å². The monoisotopic (exact) mass is 300 g/mol. The number of benzene rings is 1. The van der Waals surface area contributed by atoms with Crippen molar-refractivity contribution in [1.82, 2.24) is 9.47 Å². The number of carbonyl (C=O) groups is 1. The summed E-state index contributed by atoms with van der Waals surface area (Å²) in [6.07, 6.45) is 2.31. The van der Waals surface area contributed by atoms with E-state index >= 15 is 0 Å². The van der Waals surface area contributed by atoms with Crippen LogP contribution in [0.15, 0.2) is 42.6 Å². The van der Waals surface area contributed by atoms with Crippen LogP contribution in [0.5, 0.6) is 5.75 Å². The number of aryl methyl sites for hydroxylation is 1. The smallest absolute Gasteiger partial charge is 0.227 e. The first-order chi connectivity index (χ1) is 10.6. The van der Waals surface area contributed by atoms with Crippen LogP contribution >= 0.6 is 0 Å². The van der Waals surface area contributed by atoms with E-state index in [1.807, 2.05) is 34.8 Å². The Bertz CT molecular complexity index is 648. The van der Waals surface area contributed by atoms with Crippen molar-refractivity contribution in [2.75, 3.05) is 19.8 Å². The Balaban J connectivity index is 1.77. The van der Waals surface area contributed by atoms with E-state index in [0.717, 1.165) is 11.3 Å². The van der Waals surface area contributed by atoms with Gasteiger partial charge in [0.05, 0.1) is 25.7 Å². The number of amides is 1. The summed E-state index contributed by atoms with van der Waals surface area (Å²) < 4.78 is 7.59. The van der Waals surface area contributed by atoms with E-state index in [0.29, 0.717) is 26.2 Å². The van der Waals surface area contributed by atoms with Crippen LogP contribution < -0.4 is 0 Å². The number of aromatic hydroxyl groups is 1. The van der Waals surface area contributed by atoms with Crippen LogP contribution in [0.4, 0.5) is 0 Å². The summed E-state index contributed by atoms with van der Waals surface area (Å²) in [5.74, 6) is 0.296. The highest BCUT2D eigenvalue weighted by Crippen LogP contribution is 2.25. The standard InChI is InChI=1S/C17H20N2O3/c1-18-8-2-3-15(18)16-12-22-10-9-19(16)17(21)11-13-4-6-14(20)7-5-13/h2-8,16,20H,9-12H2,1H3/t16-/m1/s1. The first-order valence-electron chi connectivity index (χ1n) is 7.41. The third-order valence-corrected chi connectivity index (χ3v) is 4.07. The van der Waals surface area contributed by atoms with E-state index in [-0.39, 0.29) is 17.7 Å². The molecule has 0 spiro atoms. The number of phenols is 1. The van der Waals surface area contributed by atoms with Crippen LogP contribution in [0.2, 0.25) is 0 Å². The molecule has 22 heavy (non-hydrogen) atoms. The van der Waals surface area contributed by atoms with Gasteiger partial charge in [0.1, 0.15) is 5.75 Å². The lowest BCUT2D eigenvalue weighted by Gasteiger charge is -2.36. The zero-order valence-corrected chi connectivity index (χ0v) is 12.6. The number of ether oxygens (including phenoxy) is 1. The maximum atomic E-state index is 12.7. The van der Waals surface area contributed by atoms with Crippen LogP contribution in [0.25, 0.3) is 0 Å². The van der Waals surface area contributed by atoms with Gasteiger partial charge in [-0.05, 0) is 29.8 Å². The number of nitrogens with zero attached hydrogens (tertiary/aromatic N) is 2.